The second-order valence-corrected chi connectivity index (χ2v) is 5.45. The molecule has 1 aliphatic carbocycles. The zero-order valence-electron chi connectivity index (χ0n) is 11.3. The van der Waals surface area contributed by atoms with Gasteiger partial charge in [-0.05, 0) is 31.6 Å². The zero-order valence-corrected chi connectivity index (χ0v) is 11.3. The number of aliphatic hydroxyl groups excluding tert-OH is 1. The second kappa shape index (κ2) is 6.24. The Balaban J connectivity index is 2.36. The van der Waals surface area contributed by atoms with Crippen molar-refractivity contribution in [2.45, 2.75) is 52.1 Å². The molecule has 0 heterocycles. The van der Waals surface area contributed by atoms with Gasteiger partial charge in [-0.1, -0.05) is 19.8 Å². The number of urea groups is 1. The highest BCUT2D eigenvalue weighted by Gasteiger charge is 2.32. The lowest BCUT2D eigenvalue weighted by atomic mass is 9.83. The van der Waals surface area contributed by atoms with Crippen LogP contribution < -0.4 is 5.32 Å². The van der Waals surface area contributed by atoms with Crippen molar-refractivity contribution in [3.63, 3.8) is 0 Å². The first-order chi connectivity index (χ1) is 7.99. The van der Waals surface area contributed by atoms with Crippen LogP contribution in [0, 0.1) is 5.41 Å². The van der Waals surface area contributed by atoms with Crippen LogP contribution in [0.3, 0.4) is 0 Å². The number of hydrogen-bond donors (Lipinski definition) is 2. The van der Waals surface area contributed by atoms with E-state index in [0.717, 1.165) is 13.0 Å². The van der Waals surface area contributed by atoms with Crippen molar-refractivity contribution in [1.29, 1.82) is 0 Å². The maximum atomic E-state index is 11.8. The summed E-state index contributed by atoms with van der Waals surface area (Å²) in [6, 6.07) is -0.0781. The molecule has 17 heavy (non-hydrogen) atoms. The van der Waals surface area contributed by atoms with Gasteiger partial charge in [-0.15, -0.1) is 0 Å². The molecule has 0 spiro atoms. The molecule has 2 N–H and O–H groups in total. The van der Waals surface area contributed by atoms with Gasteiger partial charge in [0.2, 0.25) is 0 Å². The van der Waals surface area contributed by atoms with Gasteiger partial charge in [-0.3, -0.25) is 0 Å². The largest absolute Gasteiger partial charge is 0.392 e. The summed E-state index contributed by atoms with van der Waals surface area (Å²) in [5, 5.41) is 12.2. The molecule has 1 rings (SSSR count). The van der Waals surface area contributed by atoms with Crippen LogP contribution in [-0.2, 0) is 0 Å². The van der Waals surface area contributed by atoms with Gasteiger partial charge >= 0.3 is 6.03 Å². The Bertz CT molecular complexity index is 248. The number of nitrogens with zero attached hydrogens (tertiary/aromatic N) is 1. The van der Waals surface area contributed by atoms with Crippen LogP contribution in [-0.4, -0.2) is 42.3 Å². The molecule has 0 aromatic heterocycles. The summed E-state index contributed by atoms with van der Waals surface area (Å²) in [6.45, 7) is 5.04. The first-order valence-corrected chi connectivity index (χ1v) is 6.66. The molecule has 4 nitrogen and oxygen atoms in total. The minimum atomic E-state index is -0.475. The van der Waals surface area contributed by atoms with E-state index in [0.29, 0.717) is 12.0 Å². The highest BCUT2D eigenvalue weighted by Crippen LogP contribution is 2.40. The van der Waals surface area contributed by atoms with E-state index in [2.05, 4.69) is 12.2 Å². The highest BCUT2D eigenvalue weighted by molar-refractivity contribution is 5.73. The van der Waals surface area contributed by atoms with Gasteiger partial charge < -0.3 is 15.3 Å². The number of aliphatic hydroxyl groups is 1. The molecule has 2 amide bonds. The summed E-state index contributed by atoms with van der Waals surface area (Å²) in [6.07, 6.45) is 5.68. The molecule has 0 aromatic carbocycles. The summed E-state index contributed by atoms with van der Waals surface area (Å²) >= 11 is 0. The van der Waals surface area contributed by atoms with Crippen LogP contribution >= 0.6 is 0 Å². The van der Waals surface area contributed by atoms with Crippen molar-refractivity contribution in [2.24, 2.45) is 5.41 Å². The zero-order chi connectivity index (χ0) is 12.9. The first kappa shape index (κ1) is 14.3. The maximum Gasteiger partial charge on any atom is 0.317 e. The Labute approximate surface area is 104 Å². The molecule has 1 atom stereocenters. The van der Waals surface area contributed by atoms with E-state index in [-0.39, 0.29) is 6.03 Å². The van der Waals surface area contributed by atoms with E-state index in [9.17, 15) is 9.90 Å². The second-order valence-electron chi connectivity index (χ2n) is 5.45. The van der Waals surface area contributed by atoms with Crippen molar-refractivity contribution in [1.82, 2.24) is 10.2 Å². The standard InChI is InChI=1S/C13H26N2O2/c1-4-13(7-5-6-8-13)10-14-12(17)15(3)9-11(2)16/h11,16H,4-10H2,1-3H3,(H,14,17). The fourth-order valence-corrected chi connectivity index (χ4v) is 2.66. The third-order valence-corrected chi connectivity index (χ3v) is 3.91. The lowest BCUT2D eigenvalue weighted by Crippen LogP contribution is -2.44. The van der Waals surface area contributed by atoms with Gasteiger partial charge in [-0.25, -0.2) is 4.79 Å². The van der Waals surface area contributed by atoms with Gasteiger partial charge in [0.05, 0.1) is 6.10 Å². The Morgan fingerprint density at radius 3 is 2.53 bits per heavy atom. The Morgan fingerprint density at radius 2 is 2.06 bits per heavy atom. The fourth-order valence-electron chi connectivity index (χ4n) is 2.66. The van der Waals surface area contributed by atoms with Gasteiger partial charge in [0, 0.05) is 20.1 Å². The average molecular weight is 242 g/mol. The van der Waals surface area contributed by atoms with Gasteiger partial charge in [0.1, 0.15) is 0 Å². The van der Waals surface area contributed by atoms with E-state index in [1.807, 2.05) is 0 Å². The molecule has 1 unspecified atom stereocenters. The number of likely N-dealkylation sites (N-methyl/N-ethyl adjacent to an activating group) is 1. The topological polar surface area (TPSA) is 52.6 Å². The smallest absolute Gasteiger partial charge is 0.317 e. The van der Waals surface area contributed by atoms with Crippen LogP contribution in [0.1, 0.15) is 46.0 Å². The lowest BCUT2D eigenvalue weighted by molar-refractivity contribution is 0.141. The number of carbonyl (C=O) groups excluding carboxylic acids is 1. The van der Waals surface area contributed by atoms with Crippen molar-refractivity contribution >= 4 is 6.03 Å². The normalized spacial score (nSPS) is 20.0. The van der Waals surface area contributed by atoms with Gasteiger partial charge in [0.15, 0.2) is 0 Å². The van der Waals surface area contributed by atoms with Crippen molar-refractivity contribution in [2.75, 3.05) is 20.1 Å². The number of carbonyl (C=O) groups is 1. The quantitative estimate of drug-likeness (QED) is 0.774. The average Bonchev–Trinajstić information content (AvgIpc) is 2.74. The third-order valence-electron chi connectivity index (χ3n) is 3.91. The Kier molecular flexibility index (Phi) is 5.25. The molecule has 1 saturated carbocycles. The maximum absolute atomic E-state index is 11.8. The Hall–Kier alpha value is -0.770. The molecule has 100 valence electrons. The SMILES string of the molecule is CCC1(CNC(=O)N(C)CC(C)O)CCCC1. The molecule has 0 saturated heterocycles. The number of amides is 2. The number of hydrogen-bond acceptors (Lipinski definition) is 2. The van der Waals surface area contributed by atoms with Crippen molar-refractivity contribution in [3.8, 4) is 0 Å². The number of nitrogens with one attached hydrogen (secondary N) is 1. The van der Waals surface area contributed by atoms with E-state index >= 15 is 0 Å². The summed E-state index contributed by atoms with van der Waals surface area (Å²) in [5.74, 6) is 0. The molecular weight excluding hydrogens is 216 g/mol. The summed E-state index contributed by atoms with van der Waals surface area (Å²) in [7, 11) is 1.72. The molecule has 0 bridgehead atoms. The molecule has 4 heteroatoms. The minimum absolute atomic E-state index is 0.0781. The van der Waals surface area contributed by atoms with E-state index in [1.54, 1.807) is 18.9 Å². The summed E-state index contributed by atoms with van der Waals surface area (Å²) < 4.78 is 0. The van der Waals surface area contributed by atoms with Crippen LogP contribution in [0.4, 0.5) is 4.79 Å². The minimum Gasteiger partial charge on any atom is -0.392 e. The van der Waals surface area contributed by atoms with Crippen molar-refractivity contribution in [3.05, 3.63) is 0 Å². The molecule has 0 radical (unpaired) electrons. The molecule has 1 fully saturated rings. The van der Waals surface area contributed by atoms with E-state index in [1.165, 1.54) is 25.7 Å². The predicted molar refractivity (Wildman–Crippen MR) is 68.9 cm³/mol. The predicted octanol–water partition coefficient (Wildman–Crippen LogP) is 1.98. The Morgan fingerprint density at radius 1 is 1.47 bits per heavy atom. The monoisotopic (exact) mass is 242 g/mol. The molecular formula is C13H26N2O2. The van der Waals surface area contributed by atoms with E-state index in [4.69, 9.17) is 0 Å². The van der Waals surface area contributed by atoms with Crippen LogP contribution in [0.2, 0.25) is 0 Å². The summed E-state index contributed by atoms with van der Waals surface area (Å²) in [4.78, 5) is 13.3. The van der Waals surface area contributed by atoms with Crippen LogP contribution in [0.5, 0.6) is 0 Å². The third kappa shape index (κ3) is 4.19. The summed E-state index contributed by atoms with van der Waals surface area (Å²) in [5.41, 5.74) is 0.321. The molecule has 0 aromatic rings. The van der Waals surface area contributed by atoms with E-state index < -0.39 is 6.10 Å². The van der Waals surface area contributed by atoms with Crippen LogP contribution in [0.15, 0.2) is 0 Å². The first-order valence-electron chi connectivity index (χ1n) is 6.66. The van der Waals surface area contributed by atoms with Crippen LogP contribution in [0.25, 0.3) is 0 Å². The molecule has 1 aliphatic rings. The number of rotatable bonds is 5. The highest BCUT2D eigenvalue weighted by atomic mass is 16.3. The van der Waals surface area contributed by atoms with Gasteiger partial charge in [-0.2, -0.15) is 0 Å². The fraction of sp³-hybridized carbons (Fsp3) is 0.923. The van der Waals surface area contributed by atoms with Crippen molar-refractivity contribution < 1.29 is 9.90 Å². The lowest BCUT2D eigenvalue weighted by Gasteiger charge is -2.29. The molecule has 0 aliphatic heterocycles. The van der Waals surface area contributed by atoms with Gasteiger partial charge in [0.25, 0.3) is 0 Å².